The number of benzene rings is 2. The Morgan fingerprint density at radius 2 is 2.04 bits per heavy atom. The summed E-state index contributed by atoms with van der Waals surface area (Å²) in [5, 5.41) is 10.4. The van der Waals surface area contributed by atoms with Gasteiger partial charge in [0.25, 0.3) is 5.91 Å². The first-order valence-electron chi connectivity index (χ1n) is 8.44. The number of nitrogens with zero attached hydrogens (tertiary/aromatic N) is 1. The van der Waals surface area contributed by atoms with Crippen molar-refractivity contribution in [3.63, 3.8) is 0 Å². The predicted octanol–water partition coefficient (Wildman–Crippen LogP) is 5.00. The predicted molar refractivity (Wildman–Crippen MR) is 117 cm³/mol. The van der Waals surface area contributed by atoms with Crippen molar-refractivity contribution in [2.45, 2.75) is 13.3 Å². The van der Waals surface area contributed by atoms with E-state index in [-0.39, 0.29) is 11.7 Å². The average Bonchev–Trinajstić information content (AvgIpc) is 2.91. The minimum absolute atomic E-state index is 0.00889. The summed E-state index contributed by atoms with van der Waals surface area (Å²) in [6.07, 6.45) is 2.39. The van der Waals surface area contributed by atoms with Crippen molar-refractivity contribution in [2.75, 3.05) is 13.2 Å². The van der Waals surface area contributed by atoms with Crippen LogP contribution in [0, 0.1) is 0 Å². The zero-order valence-electron chi connectivity index (χ0n) is 14.6. The zero-order chi connectivity index (χ0) is 19.4. The molecule has 1 aliphatic rings. The molecule has 2 aromatic rings. The maximum absolute atomic E-state index is 12.8. The highest BCUT2D eigenvalue weighted by Gasteiger charge is 2.32. The van der Waals surface area contributed by atoms with Crippen molar-refractivity contribution >= 4 is 56.2 Å². The second kappa shape index (κ2) is 8.91. The molecule has 1 heterocycles. The van der Waals surface area contributed by atoms with E-state index in [1.54, 1.807) is 23.1 Å². The standard InChI is InChI=1S/C20H18BrNO3S2/c1-2-25-16-12-15(21)10-14(18(16)23)11-17-19(24)22(20(26)27-17)9-8-13-6-4-3-5-7-13/h3-7,10-12,23H,2,8-9H2,1H3/b17-11-. The Balaban J connectivity index is 1.80. The van der Waals surface area contributed by atoms with Gasteiger partial charge in [0.1, 0.15) is 4.32 Å². The number of aromatic hydroxyl groups is 1. The molecule has 0 radical (unpaired) electrons. The van der Waals surface area contributed by atoms with Gasteiger partial charge in [0.2, 0.25) is 0 Å². The SMILES string of the molecule is CCOc1cc(Br)cc(/C=C2\SC(=S)N(CCc3ccccc3)C2=O)c1O. The number of carbonyl (C=O) groups is 1. The smallest absolute Gasteiger partial charge is 0.266 e. The van der Waals surface area contributed by atoms with Crippen LogP contribution < -0.4 is 4.74 Å². The molecule has 1 N–H and O–H groups in total. The second-order valence-corrected chi connectivity index (χ2v) is 8.44. The van der Waals surface area contributed by atoms with Gasteiger partial charge in [-0.1, -0.05) is 70.2 Å². The first kappa shape index (κ1) is 19.9. The van der Waals surface area contributed by atoms with Crippen LogP contribution in [0.3, 0.4) is 0 Å². The molecule has 0 bridgehead atoms. The molecule has 1 aliphatic heterocycles. The van der Waals surface area contributed by atoms with E-state index in [9.17, 15) is 9.90 Å². The van der Waals surface area contributed by atoms with Gasteiger partial charge >= 0.3 is 0 Å². The number of thioether (sulfide) groups is 1. The number of carbonyl (C=O) groups excluding carboxylic acids is 1. The first-order valence-corrected chi connectivity index (χ1v) is 10.5. The number of hydrogen-bond donors (Lipinski definition) is 1. The van der Waals surface area contributed by atoms with Gasteiger partial charge in [-0.3, -0.25) is 9.69 Å². The van der Waals surface area contributed by atoms with Crippen molar-refractivity contribution in [2.24, 2.45) is 0 Å². The third-order valence-electron chi connectivity index (χ3n) is 4.00. The molecule has 140 valence electrons. The highest BCUT2D eigenvalue weighted by Crippen LogP contribution is 2.38. The Bertz CT molecular complexity index is 900. The van der Waals surface area contributed by atoms with Gasteiger partial charge < -0.3 is 9.84 Å². The van der Waals surface area contributed by atoms with E-state index < -0.39 is 0 Å². The van der Waals surface area contributed by atoms with Crippen LogP contribution in [0.25, 0.3) is 6.08 Å². The number of halogens is 1. The van der Waals surface area contributed by atoms with E-state index >= 15 is 0 Å². The molecule has 1 saturated heterocycles. The molecule has 1 fully saturated rings. The molecule has 0 spiro atoms. The topological polar surface area (TPSA) is 49.8 Å². The van der Waals surface area contributed by atoms with Gasteiger partial charge in [-0.2, -0.15) is 0 Å². The largest absolute Gasteiger partial charge is 0.504 e. The Kier molecular flexibility index (Phi) is 6.57. The van der Waals surface area contributed by atoms with Crippen LogP contribution in [0.1, 0.15) is 18.1 Å². The molecule has 0 atom stereocenters. The van der Waals surface area contributed by atoms with Crippen molar-refractivity contribution in [1.82, 2.24) is 4.90 Å². The average molecular weight is 464 g/mol. The van der Waals surface area contributed by atoms with Crippen molar-refractivity contribution in [1.29, 1.82) is 0 Å². The molecule has 2 aromatic carbocycles. The zero-order valence-corrected chi connectivity index (χ0v) is 17.9. The van der Waals surface area contributed by atoms with Crippen molar-refractivity contribution in [3.8, 4) is 11.5 Å². The fourth-order valence-electron chi connectivity index (χ4n) is 2.69. The summed E-state index contributed by atoms with van der Waals surface area (Å²) in [5.74, 6) is 0.241. The molecule has 0 aliphatic carbocycles. The quantitative estimate of drug-likeness (QED) is 0.482. The summed E-state index contributed by atoms with van der Waals surface area (Å²) in [7, 11) is 0. The molecule has 0 unspecified atom stereocenters. The molecular formula is C20H18BrNO3S2. The Hall–Kier alpha value is -1.83. The summed E-state index contributed by atoms with van der Waals surface area (Å²) in [4.78, 5) is 14.9. The number of hydrogen-bond acceptors (Lipinski definition) is 5. The van der Waals surface area contributed by atoms with Crippen LogP contribution in [0.2, 0.25) is 0 Å². The maximum Gasteiger partial charge on any atom is 0.266 e. The molecule has 27 heavy (non-hydrogen) atoms. The second-order valence-electron chi connectivity index (χ2n) is 5.84. The van der Waals surface area contributed by atoms with Crippen LogP contribution in [0.15, 0.2) is 51.8 Å². The summed E-state index contributed by atoms with van der Waals surface area (Å²) in [6, 6.07) is 13.4. The lowest BCUT2D eigenvalue weighted by Gasteiger charge is -2.14. The van der Waals surface area contributed by atoms with E-state index in [0.29, 0.717) is 33.7 Å². The fourth-order valence-corrected chi connectivity index (χ4v) is 4.44. The molecule has 0 aromatic heterocycles. The van der Waals surface area contributed by atoms with Crippen LogP contribution >= 0.6 is 39.9 Å². The number of rotatable bonds is 6. The van der Waals surface area contributed by atoms with Gasteiger partial charge in [-0.05, 0) is 37.1 Å². The van der Waals surface area contributed by atoms with Gasteiger partial charge in [0.15, 0.2) is 11.5 Å². The monoisotopic (exact) mass is 463 g/mol. The molecule has 0 saturated carbocycles. The minimum Gasteiger partial charge on any atom is -0.504 e. The van der Waals surface area contributed by atoms with Crippen LogP contribution in [0.4, 0.5) is 0 Å². The Labute approximate surface area is 176 Å². The van der Waals surface area contributed by atoms with Gasteiger partial charge in [0.05, 0.1) is 11.5 Å². The van der Waals surface area contributed by atoms with Crippen LogP contribution in [0.5, 0.6) is 11.5 Å². The molecule has 4 nitrogen and oxygen atoms in total. The normalized spacial score (nSPS) is 15.6. The lowest BCUT2D eigenvalue weighted by atomic mass is 10.1. The van der Waals surface area contributed by atoms with E-state index in [1.165, 1.54) is 11.8 Å². The van der Waals surface area contributed by atoms with Crippen LogP contribution in [-0.4, -0.2) is 33.4 Å². The highest BCUT2D eigenvalue weighted by molar-refractivity contribution is 9.10. The number of phenolic OH excluding ortho intramolecular Hbond substituents is 1. The fraction of sp³-hybridized carbons (Fsp3) is 0.200. The third-order valence-corrected chi connectivity index (χ3v) is 5.83. The van der Waals surface area contributed by atoms with Crippen molar-refractivity contribution < 1.29 is 14.6 Å². The van der Waals surface area contributed by atoms with Gasteiger partial charge in [-0.25, -0.2) is 0 Å². The Morgan fingerprint density at radius 1 is 1.30 bits per heavy atom. The third kappa shape index (κ3) is 4.72. The van der Waals surface area contributed by atoms with E-state index in [1.807, 2.05) is 37.3 Å². The van der Waals surface area contributed by atoms with Crippen molar-refractivity contribution in [3.05, 3.63) is 63.0 Å². The number of thiocarbonyl (C=S) groups is 1. The number of phenols is 1. The number of amides is 1. The highest BCUT2D eigenvalue weighted by atomic mass is 79.9. The minimum atomic E-state index is -0.140. The molecular weight excluding hydrogens is 446 g/mol. The summed E-state index contributed by atoms with van der Waals surface area (Å²) >= 11 is 10.0. The molecule has 1 amide bonds. The van der Waals surface area contributed by atoms with Gasteiger partial charge in [0, 0.05) is 16.6 Å². The van der Waals surface area contributed by atoms with E-state index in [4.69, 9.17) is 17.0 Å². The van der Waals surface area contributed by atoms with Crippen LogP contribution in [-0.2, 0) is 11.2 Å². The lowest BCUT2D eigenvalue weighted by Crippen LogP contribution is -2.30. The molecule has 7 heteroatoms. The summed E-state index contributed by atoms with van der Waals surface area (Å²) in [6.45, 7) is 2.81. The maximum atomic E-state index is 12.8. The summed E-state index contributed by atoms with van der Waals surface area (Å²) < 4.78 is 6.73. The summed E-state index contributed by atoms with van der Waals surface area (Å²) in [5.41, 5.74) is 1.66. The lowest BCUT2D eigenvalue weighted by molar-refractivity contribution is -0.122. The van der Waals surface area contributed by atoms with E-state index in [0.717, 1.165) is 16.5 Å². The first-order chi connectivity index (χ1) is 13.0. The van der Waals surface area contributed by atoms with E-state index in [2.05, 4.69) is 15.9 Å². The molecule has 3 rings (SSSR count). The Morgan fingerprint density at radius 3 is 2.74 bits per heavy atom. The van der Waals surface area contributed by atoms with Gasteiger partial charge in [-0.15, -0.1) is 0 Å². The number of ether oxygens (including phenoxy) is 1.